The number of rotatable bonds is 5. The lowest BCUT2D eigenvalue weighted by Crippen LogP contribution is -2.57. The SMILES string of the molecule is CCc1cnc2ccc(C(C)N3C[C@H](C)N(c4c5c(ccc(=O)n5C)nn4C4CCCCO4)C[C@H]3C)cc2n1. The highest BCUT2D eigenvalue weighted by Gasteiger charge is 2.36. The van der Waals surface area contributed by atoms with Gasteiger partial charge in [0.2, 0.25) is 0 Å². The summed E-state index contributed by atoms with van der Waals surface area (Å²) in [6.45, 7) is 11.4. The maximum absolute atomic E-state index is 12.7. The molecule has 9 heteroatoms. The van der Waals surface area contributed by atoms with Crippen molar-refractivity contribution < 1.29 is 4.74 Å². The van der Waals surface area contributed by atoms with Gasteiger partial charge in [0, 0.05) is 57.1 Å². The molecule has 2 unspecified atom stereocenters. The van der Waals surface area contributed by atoms with Gasteiger partial charge < -0.3 is 14.2 Å². The molecule has 0 saturated carbocycles. The standard InChI is InChI=1S/C30H39N7O2/c1-6-23-16-31-24-11-10-22(15-26(24)32-23)21(4)35-17-20(3)36(18-19(35)2)30-29-25(12-13-27(38)34(29)5)33-37(30)28-9-7-8-14-39-28/h10-13,15-16,19-21,28H,6-9,14,17-18H2,1-5H3/t19-,20+,21?,28?/m1/s1. The Morgan fingerprint density at radius 3 is 2.64 bits per heavy atom. The predicted molar refractivity (Wildman–Crippen MR) is 154 cm³/mol. The minimum Gasteiger partial charge on any atom is -0.356 e. The van der Waals surface area contributed by atoms with Crippen molar-refractivity contribution in [3.05, 3.63) is 58.1 Å². The van der Waals surface area contributed by atoms with Crippen LogP contribution in [0.25, 0.3) is 22.1 Å². The Labute approximate surface area is 229 Å². The lowest BCUT2D eigenvalue weighted by Gasteiger charge is -2.48. The molecule has 2 aliphatic rings. The Morgan fingerprint density at radius 2 is 1.87 bits per heavy atom. The number of aryl methyl sites for hydroxylation is 2. The molecule has 0 spiro atoms. The second-order valence-electron chi connectivity index (χ2n) is 11.2. The van der Waals surface area contributed by atoms with Crippen LogP contribution in [0.1, 0.15) is 70.5 Å². The van der Waals surface area contributed by atoms with Gasteiger partial charge in [-0.2, -0.15) is 5.10 Å². The first-order valence-electron chi connectivity index (χ1n) is 14.3. The predicted octanol–water partition coefficient (Wildman–Crippen LogP) is 4.60. The molecule has 2 saturated heterocycles. The van der Waals surface area contributed by atoms with E-state index < -0.39 is 0 Å². The van der Waals surface area contributed by atoms with Crippen LogP contribution < -0.4 is 10.5 Å². The van der Waals surface area contributed by atoms with Gasteiger partial charge in [-0.3, -0.25) is 14.7 Å². The molecule has 0 aliphatic carbocycles. The molecule has 0 amide bonds. The highest BCUT2D eigenvalue weighted by Crippen LogP contribution is 2.37. The van der Waals surface area contributed by atoms with Crippen LogP contribution in [-0.4, -0.2) is 61.0 Å². The van der Waals surface area contributed by atoms with E-state index in [2.05, 4.69) is 65.4 Å². The number of ether oxygens (including phenoxy) is 1. The van der Waals surface area contributed by atoms with Crippen molar-refractivity contribution in [1.29, 1.82) is 0 Å². The highest BCUT2D eigenvalue weighted by molar-refractivity contribution is 5.87. The first-order chi connectivity index (χ1) is 18.9. The molecule has 0 radical (unpaired) electrons. The number of anilines is 1. The first-order valence-corrected chi connectivity index (χ1v) is 14.3. The van der Waals surface area contributed by atoms with Gasteiger partial charge in [0.1, 0.15) is 11.0 Å². The van der Waals surface area contributed by atoms with E-state index in [9.17, 15) is 4.79 Å². The van der Waals surface area contributed by atoms with Crippen LogP contribution in [0, 0.1) is 0 Å². The van der Waals surface area contributed by atoms with Gasteiger partial charge in [0.15, 0.2) is 12.0 Å². The number of hydrogen-bond donors (Lipinski definition) is 0. The van der Waals surface area contributed by atoms with Crippen molar-refractivity contribution in [2.45, 2.75) is 77.7 Å². The zero-order valence-electron chi connectivity index (χ0n) is 23.7. The summed E-state index contributed by atoms with van der Waals surface area (Å²) in [4.78, 5) is 27.1. The van der Waals surface area contributed by atoms with Crippen LogP contribution in [-0.2, 0) is 18.2 Å². The molecule has 4 aromatic rings. The van der Waals surface area contributed by atoms with E-state index in [1.54, 1.807) is 10.6 Å². The molecule has 39 heavy (non-hydrogen) atoms. The van der Waals surface area contributed by atoms with E-state index >= 15 is 0 Å². The van der Waals surface area contributed by atoms with Crippen LogP contribution in [0.15, 0.2) is 41.3 Å². The summed E-state index contributed by atoms with van der Waals surface area (Å²) in [5, 5.41) is 4.98. The van der Waals surface area contributed by atoms with Crippen LogP contribution >= 0.6 is 0 Å². The second kappa shape index (κ2) is 10.4. The molecule has 0 N–H and O–H groups in total. The number of hydrogen-bond acceptors (Lipinski definition) is 7. The van der Waals surface area contributed by atoms with E-state index in [0.29, 0.717) is 0 Å². The average molecular weight is 530 g/mol. The summed E-state index contributed by atoms with van der Waals surface area (Å²) < 4.78 is 9.99. The Hall–Kier alpha value is -3.30. The fraction of sp³-hybridized carbons (Fsp3) is 0.533. The number of nitrogens with zero attached hydrogens (tertiary/aromatic N) is 7. The Balaban J connectivity index is 1.33. The average Bonchev–Trinajstić information content (AvgIpc) is 3.35. The number of pyridine rings is 1. The molecular weight excluding hydrogens is 490 g/mol. The zero-order valence-corrected chi connectivity index (χ0v) is 23.7. The highest BCUT2D eigenvalue weighted by atomic mass is 16.5. The minimum atomic E-state index is -0.109. The Morgan fingerprint density at radius 1 is 1.05 bits per heavy atom. The van der Waals surface area contributed by atoms with Gasteiger partial charge in [-0.05, 0) is 70.2 Å². The molecule has 4 atom stereocenters. The number of benzene rings is 1. The molecule has 6 rings (SSSR count). The van der Waals surface area contributed by atoms with Crippen molar-refractivity contribution in [1.82, 2.24) is 29.2 Å². The maximum Gasteiger partial charge on any atom is 0.250 e. The van der Waals surface area contributed by atoms with Crippen LogP contribution in [0.5, 0.6) is 0 Å². The number of aromatic nitrogens is 5. The van der Waals surface area contributed by atoms with Crippen molar-refractivity contribution in [2.75, 3.05) is 24.6 Å². The monoisotopic (exact) mass is 529 g/mol. The molecule has 2 fully saturated rings. The van der Waals surface area contributed by atoms with Gasteiger partial charge >= 0.3 is 0 Å². The van der Waals surface area contributed by atoms with E-state index in [1.807, 2.05) is 19.3 Å². The number of piperazine rings is 1. The van der Waals surface area contributed by atoms with Crippen molar-refractivity contribution >= 4 is 27.9 Å². The first kappa shape index (κ1) is 26.0. The van der Waals surface area contributed by atoms with Gasteiger partial charge in [-0.15, -0.1) is 0 Å². The molecule has 0 bridgehead atoms. The normalized spacial score (nSPS) is 23.5. The molecule has 5 heterocycles. The minimum absolute atomic E-state index is 0.0218. The summed E-state index contributed by atoms with van der Waals surface area (Å²) in [5.41, 5.74) is 5.87. The fourth-order valence-electron chi connectivity index (χ4n) is 6.30. The Kier molecular flexibility index (Phi) is 6.89. The smallest absolute Gasteiger partial charge is 0.250 e. The third-order valence-corrected chi connectivity index (χ3v) is 8.63. The van der Waals surface area contributed by atoms with Gasteiger partial charge in [0.25, 0.3) is 5.56 Å². The molecule has 3 aromatic heterocycles. The molecule has 2 aliphatic heterocycles. The van der Waals surface area contributed by atoms with E-state index in [-0.39, 0.29) is 29.9 Å². The van der Waals surface area contributed by atoms with Gasteiger partial charge in [0.05, 0.1) is 16.7 Å². The van der Waals surface area contributed by atoms with Crippen LogP contribution in [0.3, 0.4) is 0 Å². The van der Waals surface area contributed by atoms with Gasteiger partial charge in [-0.1, -0.05) is 13.0 Å². The van der Waals surface area contributed by atoms with E-state index in [0.717, 1.165) is 79.0 Å². The van der Waals surface area contributed by atoms with E-state index in [1.165, 1.54) is 5.56 Å². The second-order valence-corrected chi connectivity index (χ2v) is 11.2. The van der Waals surface area contributed by atoms with E-state index in [4.69, 9.17) is 14.8 Å². The molecular formula is C30H39N7O2. The quantitative estimate of drug-likeness (QED) is 0.374. The van der Waals surface area contributed by atoms with Crippen LogP contribution in [0.2, 0.25) is 0 Å². The third kappa shape index (κ3) is 4.61. The lowest BCUT2D eigenvalue weighted by molar-refractivity contribution is -0.0386. The summed E-state index contributed by atoms with van der Waals surface area (Å²) in [6, 6.07) is 10.7. The largest absolute Gasteiger partial charge is 0.356 e. The fourth-order valence-corrected chi connectivity index (χ4v) is 6.30. The number of fused-ring (bicyclic) bond motifs is 2. The third-order valence-electron chi connectivity index (χ3n) is 8.63. The summed E-state index contributed by atoms with van der Waals surface area (Å²) in [5.74, 6) is 0.997. The molecule has 206 valence electrons. The van der Waals surface area contributed by atoms with Gasteiger partial charge in [-0.25, -0.2) is 9.67 Å². The van der Waals surface area contributed by atoms with Crippen molar-refractivity contribution in [3.63, 3.8) is 0 Å². The lowest BCUT2D eigenvalue weighted by atomic mass is 10.00. The summed E-state index contributed by atoms with van der Waals surface area (Å²) in [6.07, 6.45) is 5.77. The zero-order chi connectivity index (χ0) is 27.3. The van der Waals surface area contributed by atoms with Crippen molar-refractivity contribution in [2.24, 2.45) is 7.05 Å². The summed E-state index contributed by atoms with van der Waals surface area (Å²) >= 11 is 0. The van der Waals surface area contributed by atoms with Crippen LogP contribution in [0.4, 0.5) is 5.82 Å². The van der Waals surface area contributed by atoms with Crippen molar-refractivity contribution in [3.8, 4) is 0 Å². The molecule has 1 aromatic carbocycles. The summed E-state index contributed by atoms with van der Waals surface area (Å²) in [7, 11) is 1.85. The Bertz CT molecular complexity index is 1550. The maximum atomic E-state index is 12.7. The topological polar surface area (TPSA) is 81.3 Å². The molecule has 9 nitrogen and oxygen atoms in total.